The monoisotopic (exact) mass is 256 g/mol. The normalized spacial score (nSPS) is 10.6. The molecule has 0 radical (unpaired) electrons. The Morgan fingerprint density at radius 2 is 2.00 bits per heavy atom. The van der Waals surface area contributed by atoms with Gasteiger partial charge in [0, 0.05) is 11.8 Å². The molecule has 0 amide bonds. The fourth-order valence-electron chi connectivity index (χ4n) is 1.10. The van der Waals surface area contributed by atoms with Crippen LogP contribution in [-0.4, -0.2) is 33.4 Å². The first-order valence-electron chi connectivity index (χ1n) is 5.95. The van der Waals surface area contributed by atoms with E-state index in [0.717, 1.165) is 13.0 Å². The van der Waals surface area contributed by atoms with Crippen LogP contribution >= 0.6 is 11.8 Å². The summed E-state index contributed by atoms with van der Waals surface area (Å²) in [7, 11) is 0. The van der Waals surface area contributed by atoms with Gasteiger partial charge in [0.15, 0.2) is 5.16 Å². The Kier molecular flexibility index (Phi) is 6.04. The molecular formula is C11H20N4OS. The van der Waals surface area contributed by atoms with Gasteiger partial charge in [-0.3, -0.25) is 0 Å². The summed E-state index contributed by atoms with van der Waals surface area (Å²) in [4.78, 5) is 12.8. The lowest BCUT2D eigenvalue weighted by Crippen LogP contribution is -2.08. The van der Waals surface area contributed by atoms with Crippen LogP contribution < -0.4 is 10.1 Å². The van der Waals surface area contributed by atoms with E-state index in [4.69, 9.17) is 4.74 Å². The Labute approximate surface area is 107 Å². The fourth-order valence-corrected chi connectivity index (χ4v) is 1.79. The molecule has 0 aliphatic rings. The highest BCUT2D eigenvalue weighted by atomic mass is 32.2. The van der Waals surface area contributed by atoms with Crippen molar-refractivity contribution in [3.8, 4) is 6.01 Å². The van der Waals surface area contributed by atoms with E-state index in [2.05, 4.69) is 41.0 Å². The molecule has 1 heterocycles. The topological polar surface area (TPSA) is 59.9 Å². The first-order valence-corrected chi connectivity index (χ1v) is 6.83. The summed E-state index contributed by atoms with van der Waals surface area (Å²) in [6.45, 7) is 9.67. The third-order valence-electron chi connectivity index (χ3n) is 1.71. The maximum Gasteiger partial charge on any atom is 0.322 e. The van der Waals surface area contributed by atoms with E-state index in [1.807, 2.05) is 6.92 Å². The molecule has 6 heteroatoms. The van der Waals surface area contributed by atoms with Crippen molar-refractivity contribution in [2.24, 2.45) is 0 Å². The molecule has 1 N–H and O–H groups in total. The third kappa shape index (κ3) is 5.21. The average Bonchev–Trinajstić information content (AvgIpc) is 2.25. The van der Waals surface area contributed by atoms with E-state index in [0.29, 0.717) is 29.0 Å². The quantitative estimate of drug-likeness (QED) is 0.757. The molecule has 1 rings (SSSR count). The van der Waals surface area contributed by atoms with Gasteiger partial charge in [0.25, 0.3) is 0 Å². The maximum absolute atomic E-state index is 5.45. The molecule has 0 aliphatic heterocycles. The summed E-state index contributed by atoms with van der Waals surface area (Å²) < 4.78 is 5.45. The van der Waals surface area contributed by atoms with Crippen LogP contribution in [0.5, 0.6) is 6.01 Å². The van der Waals surface area contributed by atoms with Crippen molar-refractivity contribution in [3.63, 3.8) is 0 Å². The zero-order valence-electron chi connectivity index (χ0n) is 10.9. The number of rotatable bonds is 7. The second-order valence-electron chi connectivity index (χ2n) is 3.77. The van der Waals surface area contributed by atoms with Gasteiger partial charge in [-0.1, -0.05) is 32.5 Å². The molecule has 0 aromatic carbocycles. The molecule has 96 valence electrons. The number of ether oxygens (including phenoxy) is 1. The van der Waals surface area contributed by atoms with Gasteiger partial charge in [0.1, 0.15) is 0 Å². The number of nitrogens with one attached hydrogen (secondary N) is 1. The smallest absolute Gasteiger partial charge is 0.322 e. The highest BCUT2D eigenvalue weighted by molar-refractivity contribution is 7.99. The molecule has 0 saturated heterocycles. The first-order chi connectivity index (χ1) is 8.15. The van der Waals surface area contributed by atoms with Gasteiger partial charge in [-0.2, -0.15) is 15.0 Å². The molecule has 0 fully saturated rings. The molecular weight excluding hydrogens is 236 g/mol. The summed E-state index contributed by atoms with van der Waals surface area (Å²) in [6.07, 6.45) is 0.939. The predicted octanol–water partition coefficient (Wildman–Crippen LogP) is 2.59. The Balaban J connectivity index is 2.84. The van der Waals surface area contributed by atoms with Crippen molar-refractivity contribution >= 4 is 17.7 Å². The molecule has 1 aromatic rings. The van der Waals surface area contributed by atoms with Crippen molar-refractivity contribution in [2.75, 3.05) is 18.5 Å². The lowest BCUT2D eigenvalue weighted by atomic mass is 10.5. The molecule has 0 aliphatic carbocycles. The summed E-state index contributed by atoms with van der Waals surface area (Å²) in [5.41, 5.74) is 0. The van der Waals surface area contributed by atoms with Gasteiger partial charge >= 0.3 is 6.01 Å². The molecule has 0 spiro atoms. The summed E-state index contributed by atoms with van der Waals surface area (Å²) in [5, 5.41) is 4.22. The third-order valence-corrected chi connectivity index (χ3v) is 2.57. The zero-order chi connectivity index (χ0) is 12.7. The standard InChI is InChI=1S/C11H20N4OS/c1-5-7-16-10-13-9(12-6-2)14-11(15-10)17-8(3)4/h8H,5-7H2,1-4H3,(H,12,13,14,15). The molecule has 1 aromatic heterocycles. The molecule has 0 bridgehead atoms. The number of aromatic nitrogens is 3. The number of thioether (sulfide) groups is 1. The van der Waals surface area contributed by atoms with Crippen LogP contribution in [0.2, 0.25) is 0 Å². The van der Waals surface area contributed by atoms with Gasteiger partial charge in [0.05, 0.1) is 6.61 Å². The van der Waals surface area contributed by atoms with E-state index in [9.17, 15) is 0 Å². The fraction of sp³-hybridized carbons (Fsp3) is 0.727. The molecule has 0 atom stereocenters. The van der Waals surface area contributed by atoms with E-state index in [1.165, 1.54) is 0 Å². The molecule has 0 unspecified atom stereocenters. The lowest BCUT2D eigenvalue weighted by molar-refractivity contribution is 0.288. The second-order valence-corrected chi connectivity index (χ2v) is 5.31. The van der Waals surface area contributed by atoms with Crippen LogP contribution in [0.15, 0.2) is 5.16 Å². The van der Waals surface area contributed by atoms with Crippen LogP contribution in [-0.2, 0) is 0 Å². The largest absolute Gasteiger partial charge is 0.463 e. The highest BCUT2D eigenvalue weighted by Gasteiger charge is 2.09. The van der Waals surface area contributed by atoms with Crippen LogP contribution in [0.3, 0.4) is 0 Å². The Morgan fingerprint density at radius 1 is 1.24 bits per heavy atom. The van der Waals surface area contributed by atoms with Crippen LogP contribution in [0.25, 0.3) is 0 Å². The maximum atomic E-state index is 5.45. The Hall–Kier alpha value is -1.04. The SMILES string of the molecule is CCCOc1nc(NCC)nc(SC(C)C)n1. The summed E-state index contributed by atoms with van der Waals surface area (Å²) >= 11 is 1.60. The van der Waals surface area contributed by atoms with Gasteiger partial charge in [-0.05, 0) is 13.3 Å². The van der Waals surface area contributed by atoms with E-state index >= 15 is 0 Å². The average molecular weight is 256 g/mol. The minimum atomic E-state index is 0.404. The Bertz CT molecular complexity index is 346. The number of nitrogens with zero attached hydrogens (tertiary/aromatic N) is 3. The number of hydrogen-bond acceptors (Lipinski definition) is 6. The van der Waals surface area contributed by atoms with Gasteiger partial charge < -0.3 is 10.1 Å². The number of anilines is 1. The van der Waals surface area contributed by atoms with Crippen LogP contribution in [0.4, 0.5) is 5.95 Å². The summed E-state index contributed by atoms with van der Waals surface area (Å²) in [5.74, 6) is 0.580. The van der Waals surface area contributed by atoms with Crippen molar-refractivity contribution in [2.45, 2.75) is 44.5 Å². The predicted molar refractivity (Wildman–Crippen MR) is 70.8 cm³/mol. The zero-order valence-corrected chi connectivity index (χ0v) is 11.7. The van der Waals surface area contributed by atoms with Crippen LogP contribution in [0, 0.1) is 0 Å². The number of hydrogen-bond donors (Lipinski definition) is 1. The van der Waals surface area contributed by atoms with Crippen LogP contribution in [0.1, 0.15) is 34.1 Å². The first kappa shape index (κ1) is 14.0. The van der Waals surface area contributed by atoms with E-state index in [1.54, 1.807) is 11.8 Å². The minimum Gasteiger partial charge on any atom is -0.463 e. The highest BCUT2D eigenvalue weighted by Crippen LogP contribution is 2.21. The minimum absolute atomic E-state index is 0.404. The molecule has 5 nitrogen and oxygen atoms in total. The van der Waals surface area contributed by atoms with Crippen molar-refractivity contribution in [3.05, 3.63) is 0 Å². The van der Waals surface area contributed by atoms with Crippen molar-refractivity contribution in [1.82, 2.24) is 15.0 Å². The second kappa shape index (κ2) is 7.32. The summed E-state index contributed by atoms with van der Waals surface area (Å²) in [6, 6.07) is 0.404. The van der Waals surface area contributed by atoms with E-state index in [-0.39, 0.29) is 0 Å². The lowest BCUT2D eigenvalue weighted by Gasteiger charge is -2.09. The Morgan fingerprint density at radius 3 is 2.59 bits per heavy atom. The van der Waals surface area contributed by atoms with Crippen molar-refractivity contribution < 1.29 is 4.74 Å². The molecule has 17 heavy (non-hydrogen) atoms. The van der Waals surface area contributed by atoms with Gasteiger partial charge in [-0.25, -0.2) is 0 Å². The van der Waals surface area contributed by atoms with E-state index < -0.39 is 0 Å². The van der Waals surface area contributed by atoms with Crippen molar-refractivity contribution in [1.29, 1.82) is 0 Å². The van der Waals surface area contributed by atoms with Gasteiger partial charge in [0.2, 0.25) is 5.95 Å². The van der Waals surface area contributed by atoms with Gasteiger partial charge in [-0.15, -0.1) is 0 Å². The molecule has 0 saturated carbocycles.